The minimum atomic E-state index is -0.250. The van der Waals surface area contributed by atoms with Crippen molar-refractivity contribution in [2.45, 2.75) is 12.8 Å². The predicted octanol–water partition coefficient (Wildman–Crippen LogP) is 3.15. The van der Waals surface area contributed by atoms with Gasteiger partial charge in [0.15, 0.2) is 5.82 Å². The Labute approximate surface area is 177 Å². The summed E-state index contributed by atoms with van der Waals surface area (Å²) in [6, 6.07) is 11.0. The normalized spacial score (nSPS) is 10.7. The number of carbonyl (C=O) groups excluding carboxylic acids is 1. The number of thiazole rings is 1. The average molecular weight is 421 g/mol. The molecular weight excluding hydrogens is 400 g/mol. The van der Waals surface area contributed by atoms with E-state index in [1.807, 2.05) is 41.8 Å². The standard InChI is InChI=1S/C20H20N8OS/c1-28-19(25-26-27-28)15-4-2-5-16(12-15)23-20(29)22-9-3-6-18-24-17(13-30-18)14-7-10-21-11-8-14/h2,4-5,7-8,10-13H,3,6,9H2,1H3,(H2,22,23,29). The summed E-state index contributed by atoms with van der Waals surface area (Å²) in [5, 5.41) is 20.3. The number of nitrogens with one attached hydrogen (secondary N) is 2. The van der Waals surface area contributed by atoms with Gasteiger partial charge in [-0.2, -0.15) is 0 Å². The van der Waals surface area contributed by atoms with E-state index in [9.17, 15) is 4.79 Å². The molecule has 0 radical (unpaired) electrons. The van der Waals surface area contributed by atoms with Crippen molar-refractivity contribution in [3.63, 3.8) is 0 Å². The Kier molecular flexibility index (Phi) is 6.04. The van der Waals surface area contributed by atoms with Crippen LogP contribution in [0.1, 0.15) is 11.4 Å². The third-order valence-corrected chi connectivity index (χ3v) is 5.29. The number of carbonyl (C=O) groups is 1. The molecular formula is C20H20N8OS. The fraction of sp³-hybridized carbons (Fsp3) is 0.200. The molecule has 0 bridgehead atoms. The quantitative estimate of drug-likeness (QED) is 0.444. The van der Waals surface area contributed by atoms with E-state index in [2.05, 4.69) is 36.1 Å². The Balaban J connectivity index is 1.24. The number of hydrogen-bond donors (Lipinski definition) is 2. The van der Waals surface area contributed by atoms with Gasteiger partial charge >= 0.3 is 6.03 Å². The number of hydrogen-bond acceptors (Lipinski definition) is 7. The van der Waals surface area contributed by atoms with E-state index in [1.165, 1.54) is 0 Å². The van der Waals surface area contributed by atoms with Crippen LogP contribution in [-0.2, 0) is 13.5 Å². The van der Waals surface area contributed by atoms with Gasteiger partial charge < -0.3 is 10.6 Å². The summed E-state index contributed by atoms with van der Waals surface area (Å²) in [6.07, 6.45) is 5.14. The maximum Gasteiger partial charge on any atom is 0.319 e. The van der Waals surface area contributed by atoms with Crippen LogP contribution in [0.3, 0.4) is 0 Å². The smallest absolute Gasteiger partial charge is 0.319 e. The molecule has 0 aliphatic heterocycles. The first-order valence-corrected chi connectivity index (χ1v) is 10.3. The van der Waals surface area contributed by atoms with E-state index in [1.54, 1.807) is 35.5 Å². The van der Waals surface area contributed by atoms with Crippen LogP contribution in [-0.4, -0.2) is 42.8 Å². The van der Waals surface area contributed by atoms with Crippen molar-refractivity contribution in [2.75, 3.05) is 11.9 Å². The number of pyridine rings is 1. The molecule has 0 spiro atoms. The van der Waals surface area contributed by atoms with Gasteiger partial charge in [0.2, 0.25) is 0 Å². The molecule has 3 aromatic heterocycles. The SMILES string of the molecule is Cn1nnnc1-c1cccc(NC(=O)NCCCc2nc(-c3ccncc3)cs2)c1. The third kappa shape index (κ3) is 4.84. The maximum absolute atomic E-state index is 12.2. The first kappa shape index (κ1) is 19.6. The van der Waals surface area contributed by atoms with Gasteiger partial charge in [-0.25, -0.2) is 14.5 Å². The molecule has 9 nitrogen and oxygen atoms in total. The lowest BCUT2D eigenvalue weighted by Gasteiger charge is -2.08. The highest BCUT2D eigenvalue weighted by Crippen LogP contribution is 2.22. The fourth-order valence-corrected chi connectivity index (χ4v) is 3.76. The maximum atomic E-state index is 12.2. The molecule has 4 rings (SSSR count). The lowest BCUT2D eigenvalue weighted by Crippen LogP contribution is -2.29. The predicted molar refractivity (Wildman–Crippen MR) is 115 cm³/mol. The number of amides is 2. The zero-order valence-corrected chi connectivity index (χ0v) is 17.1. The monoisotopic (exact) mass is 420 g/mol. The summed E-state index contributed by atoms with van der Waals surface area (Å²) in [7, 11) is 1.77. The van der Waals surface area contributed by atoms with Gasteiger partial charge in [0, 0.05) is 54.6 Å². The number of aromatic nitrogens is 6. The number of tetrazole rings is 1. The van der Waals surface area contributed by atoms with Crippen molar-refractivity contribution in [2.24, 2.45) is 7.05 Å². The Morgan fingerprint density at radius 2 is 2.03 bits per heavy atom. The largest absolute Gasteiger partial charge is 0.338 e. The summed E-state index contributed by atoms with van der Waals surface area (Å²) in [6.45, 7) is 0.558. The summed E-state index contributed by atoms with van der Waals surface area (Å²) >= 11 is 1.63. The van der Waals surface area contributed by atoms with Crippen molar-refractivity contribution < 1.29 is 4.79 Å². The second-order valence-electron chi connectivity index (χ2n) is 6.55. The molecule has 152 valence electrons. The minimum absolute atomic E-state index is 0.250. The van der Waals surface area contributed by atoms with Crippen LogP contribution in [0.2, 0.25) is 0 Å². The number of nitrogens with zero attached hydrogens (tertiary/aromatic N) is 6. The molecule has 3 heterocycles. The van der Waals surface area contributed by atoms with Gasteiger partial charge in [0.05, 0.1) is 10.7 Å². The minimum Gasteiger partial charge on any atom is -0.338 e. The van der Waals surface area contributed by atoms with E-state index in [4.69, 9.17) is 0 Å². The van der Waals surface area contributed by atoms with E-state index >= 15 is 0 Å². The first-order chi connectivity index (χ1) is 14.7. The van der Waals surface area contributed by atoms with E-state index < -0.39 is 0 Å². The number of aryl methyl sites for hydroxylation is 2. The van der Waals surface area contributed by atoms with Crippen LogP contribution in [0.25, 0.3) is 22.6 Å². The molecule has 0 aliphatic carbocycles. The summed E-state index contributed by atoms with van der Waals surface area (Å²) < 4.78 is 1.58. The Morgan fingerprint density at radius 1 is 1.17 bits per heavy atom. The zero-order valence-electron chi connectivity index (χ0n) is 16.3. The summed E-state index contributed by atoms with van der Waals surface area (Å²) in [5.74, 6) is 0.633. The topological polar surface area (TPSA) is 111 Å². The lowest BCUT2D eigenvalue weighted by atomic mass is 10.2. The number of anilines is 1. The number of rotatable bonds is 7. The van der Waals surface area contributed by atoms with E-state index in [-0.39, 0.29) is 6.03 Å². The fourth-order valence-electron chi connectivity index (χ4n) is 2.91. The molecule has 0 fully saturated rings. The first-order valence-electron chi connectivity index (χ1n) is 9.41. The van der Waals surface area contributed by atoms with Crippen LogP contribution >= 0.6 is 11.3 Å². The summed E-state index contributed by atoms with van der Waals surface area (Å²) in [4.78, 5) is 20.9. The zero-order chi connectivity index (χ0) is 20.8. The van der Waals surface area contributed by atoms with Crippen molar-refractivity contribution in [3.05, 3.63) is 59.2 Å². The van der Waals surface area contributed by atoms with Crippen LogP contribution in [0.15, 0.2) is 54.2 Å². The lowest BCUT2D eigenvalue weighted by molar-refractivity contribution is 0.252. The molecule has 0 unspecified atom stereocenters. The molecule has 0 saturated carbocycles. The van der Waals surface area contributed by atoms with Crippen LogP contribution in [0, 0.1) is 0 Å². The molecule has 2 amide bonds. The Morgan fingerprint density at radius 3 is 2.83 bits per heavy atom. The average Bonchev–Trinajstić information content (AvgIpc) is 3.41. The van der Waals surface area contributed by atoms with Gasteiger partial charge in [-0.3, -0.25) is 4.98 Å². The molecule has 0 saturated heterocycles. The second-order valence-corrected chi connectivity index (χ2v) is 7.50. The van der Waals surface area contributed by atoms with Crippen molar-refractivity contribution in [1.82, 2.24) is 35.5 Å². The third-order valence-electron chi connectivity index (χ3n) is 4.38. The molecule has 30 heavy (non-hydrogen) atoms. The molecule has 0 aliphatic rings. The van der Waals surface area contributed by atoms with Crippen LogP contribution in [0.5, 0.6) is 0 Å². The summed E-state index contributed by atoms with van der Waals surface area (Å²) in [5.41, 5.74) is 3.52. The van der Waals surface area contributed by atoms with Crippen molar-refractivity contribution >= 4 is 23.1 Å². The number of urea groups is 1. The molecule has 1 aromatic carbocycles. The van der Waals surface area contributed by atoms with Crippen LogP contribution in [0.4, 0.5) is 10.5 Å². The van der Waals surface area contributed by atoms with Gasteiger partial charge in [0.1, 0.15) is 0 Å². The molecule has 4 aromatic rings. The van der Waals surface area contributed by atoms with Gasteiger partial charge in [-0.15, -0.1) is 16.4 Å². The Bertz CT molecular complexity index is 1120. The van der Waals surface area contributed by atoms with Gasteiger partial charge in [-0.1, -0.05) is 12.1 Å². The Hall–Kier alpha value is -3.66. The highest BCUT2D eigenvalue weighted by molar-refractivity contribution is 7.09. The molecule has 10 heteroatoms. The second kappa shape index (κ2) is 9.23. The van der Waals surface area contributed by atoms with Gasteiger partial charge in [0.25, 0.3) is 0 Å². The number of benzene rings is 1. The van der Waals surface area contributed by atoms with Gasteiger partial charge in [-0.05, 0) is 41.1 Å². The van der Waals surface area contributed by atoms with E-state index in [0.717, 1.165) is 34.7 Å². The van der Waals surface area contributed by atoms with Crippen molar-refractivity contribution in [3.8, 4) is 22.6 Å². The van der Waals surface area contributed by atoms with Crippen LogP contribution < -0.4 is 10.6 Å². The molecule has 2 N–H and O–H groups in total. The van der Waals surface area contributed by atoms with Crippen molar-refractivity contribution in [1.29, 1.82) is 0 Å². The molecule has 0 atom stereocenters. The van der Waals surface area contributed by atoms with E-state index in [0.29, 0.717) is 18.1 Å². The highest BCUT2D eigenvalue weighted by Gasteiger charge is 2.08. The highest BCUT2D eigenvalue weighted by atomic mass is 32.1.